The number of nitrogens with zero attached hydrogens (tertiary/aromatic N) is 3. The largest absolute Gasteiger partial charge is 0.406 e. The van der Waals surface area contributed by atoms with Crippen LogP contribution in [0.15, 0.2) is 0 Å². The number of hydrogen-bond acceptors (Lipinski definition) is 4. The number of aromatic nitrogens is 2. The molecule has 0 saturated carbocycles. The van der Waals surface area contributed by atoms with Crippen molar-refractivity contribution in [2.24, 2.45) is 13.0 Å². The minimum atomic E-state index is -0.511. The van der Waals surface area contributed by atoms with Gasteiger partial charge in [0.2, 0.25) is 11.6 Å². The molecule has 1 rings (SSSR count). The maximum absolute atomic E-state index is 10.9. The van der Waals surface area contributed by atoms with Crippen molar-refractivity contribution >= 4 is 11.6 Å². The van der Waals surface area contributed by atoms with Crippen LogP contribution in [0.4, 0.5) is 11.6 Å². The van der Waals surface area contributed by atoms with Crippen LogP contribution >= 0.6 is 0 Å². The van der Waals surface area contributed by atoms with Gasteiger partial charge < -0.3 is 15.4 Å². The minimum Gasteiger partial charge on any atom is -0.358 e. The molecule has 1 aromatic heterocycles. The van der Waals surface area contributed by atoms with Crippen LogP contribution in [0.25, 0.3) is 0 Å². The molecule has 0 bridgehead atoms. The Kier molecular flexibility index (Phi) is 3.73. The van der Waals surface area contributed by atoms with E-state index in [-0.39, 0.29) is 17.8 Å². The molecule has 0 radical (unpaired) electrons. The lowest BCUT2D eigenvalue weighted by Gasteiger charge is -2.17. The van der Waals surface area contributed by atoms with Gasteiger partial charge in [0, 0.05) is 14.0 Å². The monoisotopic (exact) mass is 236 g/mol. The molecule has 0 aliphatic heterocycles. The molecule has 0 saturated heterocycles. The normalized spacial score (nSPS) is 12.2. The van der Waals surface area contributed by atoms with Gasteiger partial charge in [-0.05, 0) is 15.8 Å². The molecule has 1 atom stereocenters. The van der Waals surface area contributed by atoms with Gasteiger partial charge in [-0.1, -0.05) is 19.8 Å². The lowest BCUT2D eigenvalue weighted by Crippen LogP contribution is -2.25. The Hall–Kier alpha value is -2.03. The Morgan fingerprint density at radius 2 is 2.18 bits per heavy atom. The van der Waals surface area contributed by atoms with Crippen molar-refractivity contribution in [1.82, 2.24) is 9.55 Å². The summed E-state index contributed by atoms with van der Waals surface area (Å²) in [7, 11) is 1.71. The molecule has 17 heavy (non-hydrogen) atoms. The van der Waals surface area contributed by atoms with Crippen LogP contribution in [0, 0.1) is 35.3 Å². The third-order valence-electron chi connectivity index (χ3n) is 2.61. The number of nitrogens with one attached hydrogen (secondary N) is 1. The van der Waals surface area contributed by atoms with Gasteiger partial charge in [0.25, 0.3) is 0 Å². The zero-order chi connectivity index (χ0) is 13.2. The Morgan fingerprint density at radius 1 is 1.59 bits per heavy atom. The molecule has 0 amide bonds. The third-order valence-corrected chi connectivity index (χ3v) is 2.61. The number of hydrogen-bond donors (Lipinski definition) is 1. The van der Waals surface area contributed by atoms with Crippen LogP contribution in [0.5, 0.6) is 0 Å². The van der Waals surface area contributed by atoms with E-state index in [1.807, 2.05) is 13.8 Å². The van der Waals surface area contributed by atoms with E-state index in [2.05, 4.69) is 16.2 Å². The fourth-order valence-corrected chi connectivity index (χ4v) is 1.43. The fraction of sp³-hybridized carbons (Fsp3) is 0.545. The van der Waals surface area contributed by atoms with E-state index in [1.165, 1.54) is 0 Å². The predicted octanol–water partition coefficient (Wildman–Crippen LogP) is 1.71. The zero-order valence-corrected chi connectivity index (χ0v) is 10.4. The smallest absolute Gasteiger partial charge is 0.358 e. The highest BCUT2D eigenvalue weighted by molar-refractivity contribution is 5.55. The quantitative estimate of drug-likeness (QED) is 0.490. The van der Waals surface area contributed by atoms with Gasteiger partial charge in [0.15, 0.2) is 0 Å². The Morgan fingerprint density at radius 3 is 2.59 bits per heavy atom. The van der Waals surface area contributed by atoms with E-state index in [9.17, 15) is 10.1 Å². The highest BCUT2D eigenvalue weighted by atomic mass is 16.6. The van der Waals surface area contributed by atoms with Crippen molar-refractivity contribution in [3.63, 3.8) is 0 Å². The van der Waals surface area contributed by atoms with Gasteiger partial charge in [-0.15, -0.1) is 6.42 Å². The van der Waals surface area contributed by atoms with E-state index in [0.717, 1.165) is 0 Å². The molecule has 1 N–H and O–H groups in total. The second kappa shape index (κ2) is 4.87. The summed E-state index contributed by atoms with van der Waals surface area (Å²) in [6, 6.07) is -0.261. The number of terminal acetylenes is 1. The SMILES string of the molecule is C#CC(Nc1c([N+](=O)[O-])nc(C)n1C)C(C)C. The second-order valence-electron chi connectivity index (χ2n) is 4.18. The Balaban J connectivity index is 3.13. The summed E-state index contributed by atoms with van der Waals surface area (Å²) in [5.41, 5.74) is 0. The second-order valence-corrected chi connectivity index (χ2v) is 4.18. The number of aryl methyl sites for hydroxylation is 1. The molecular weight excluding hydrogens is 220 g/mol. The number of imidazole rings is 1. The zero-order valence-electron chi connectivity index (χ0n) is 10.4. The standard InChI is InChI=1S/C11H16N4O2/c1-6-9(7(2)3)13-10-11(15(16)17)12-8(4)14(10)5/h1,7,9,13H,2-5H3. The van der Waals surface area contributed by atoms with Crippen LogP contribution in [-0.4, -0.2) is 20.5 Å². The average Bonchev–Trinajstić information content (AvgIpc) is 2.52. The van der Waals surface area contributed by atoms with Crippen molar-refractivity contribution in [3.05, 3.63) is 15.9 Å². The summed E-state index contributed by atoms with van der Waals surface area (Å²) >= 11 is 0. The summed E-state index contributed by atoms with van der Waals surface area (Å²) in [4.78, 5) is 14.2. The molecule has 1 aromatic rings. The van der Waals surface area contributed by atoms with Gasteiger partial charge in [-0.2, -0.15) is 0 Å². The molecule has 0 spiro atoms. The first kappa shape index (κ1) is 13.0. The van der Waals surface area contributed by atoms with Crippen LogP contribution in [0.1, 0.15) is 19.7 Å². The van der Waals surface area contributed by atoms with E-state index in [1.54, 1.807) is 18.5 Å². The van der Waals surface area contributed by atoms with Crippen molar-refractivity contribution in [3.8, 4) is 12.3 Å². The molecule has 1 heterocycles. The lowest BCUT2D eigenvalue weighted by molar-refractivity contribution is -0.388. The molecule has 1 unspecified atom stereocenters. The van der Waals surface area contributed by atoms with E-state index >= 15 is 0 Å². The van der Waals surface area contributed by atoms with Crippen LogP contribution in [-0.2, 0) is 7.05 Å². The molecule has 92 valence electrons. The maximum atomic E-state index is 10.9. The first-order chi connectivity index (χ1) is 7.88. The number of rotatable bonds is 4. The van der Waals surface area contributed by atoms with Crippen molar-refractivity contribution in [2.75, 3.05) is 5.32 Å². The van der Waals surface area contributed by atoms with Crippen molar-refractivity contribution in [1.29, 1.82) is 0 Å². The minimum absolute atomic E-state index is 0.176. The number of anilines is 1. The van der Waals surface area contributed by atoms with Gasteiger partial charge in [0.05, 0.1) is 6.04 Å². The summed E-state index contributed by atoms with van der Waals surface area (Å²) < 4.78 is 1.63. The van der Waals surface area contributed by atoms with Crippen LogP contribution < -0.4 is 5.32 Å². The third kappa shape index (κ3) is 2.56. The van der Waals surface area contributed by atoms with Gasteiger partial charge in [-0.3, -0.25) is 4.57 Å². The number of nitro groups is 1. The first-order valence-corrected chi connectivity index (χ1v) is 5.28. The molecule has 0 fully saturated rings. The predicted molar refractivity (Wildman–Crippen MR) is 65.7 cm³/mol. The van der Waals surface area contributed by atoms with Crippen LogP contribution in [0.2, 0.25) is 0 Å². The molecule has 6 heteroatoms. The summed E-state index contributed by atoms with van der Waals surface area (Å²) in [6.45, 7) is 5.61. The topological polar surface area (TPSA) is 73.0 Å². The molecule has 0 aromatic carbocycles. The molecule has 0 aliphatic carbocycles. The highest BCUT2D eigenvalue weighted by Gasteiger charge is 2.25. The Bertz CT molecular complexity index is 471. The van der Waals surface area contributed by atoms with Gasteiger partial charge in [0.1, 0.15) is 0 Å². The molecular formula is C11H16N4O2. The molecule has 0 aliphatic rings. The summed E-state index contributed by atoms with van der Waals surface area (Å²) in [5.74, 6) is 3.48. The van der Waals surface area contributed by atoms with E-state index in [4.69, 9.17) is 6.42 Å². The van der Waals surface area contributed by atoms with Crippen molar-refractivity contribution < 1.29 is 4.92 Å². The fourth-order valence-electron chi connectivity index (χ4n) is 1.43. The van der Waals surface area contributed by atoms with Crippen molar-refractivity contribution in [2.45, 2.75) is 26.8 Å². The van der Waals surface area contributed by atoms with Crippen LogP contribution in [0.3, 0.4) is 0 Å². The summed E-state index contributed by atoms with van der Waals surface area (Å²) in [6.07, 6.45) is 5.39. The first-order valence-electron chi connectivity index (χ1n) is 5.28. The Labute approximate surface area is 100 Å². The van der Waals surface area contributed by atoms with E-state index in [0.29, 0.717) is 11.6 Å². The summed E-state index contributed by atoms with van der Waals surface area (Å²) in [5, 5.41) is 13.9. The highest BCUT2D eigenvalue weighted by Crippen LogP contribution is 2.25. The van der Waals surface area contributed by atoms with Gasteiger partial charge >= 0.3 is 5.82 Å². The lowest BCUT2D eigenvalue weighted by atomic mass is 10.1. The van der Waals surface area contributed by atoms with Gasteiger partial charge in [-0.25, -0.2) is 0 Å². The van der Waals surface area contributed by atoms with E-state index < -0.39 is 4.92 Å². The average molecular weight is 236 g/mol. The maximum Gasteiger partial charge on any atom is 0.406 e. The molecule has 6 nitrogen and oxygen atoms in total.